The Kier molecular flexibility index (Phi) is 2.11. The highest BCUT2D eigenvalue weighted by atomic mass is 16.5. The van der Waals surface area contributed by atoms with Crippen molar-refractivity contribution >= 4 is 0 Å². The van der Waals surface area contributed by atoms with Crippen molar-refractivity contribution in [1.29, 1.82) is 0 Å². The van der Waals surface area contributed by atoms with Crippen molar-refractivity contribution in [2.24, 2.45) is 0 Å². The van der Waals surface area contributed by atoms with E-state index in [4.69, 9.17) is 4.52 Å². The first-order chi connectivity index (χ1) is 6.74. The molecule has 0 aromatic carbocycles. The van der Waals surface area contributed by atoms with E-state index in [0.29, 0.717) is 0 Å². The number of hydrogen-bond acceptors (Lipinski definition) is 3. The summed E-state index contributed by atoms with van der Waals surface area (Å²) in [6, 6.07) is 1.73. The van der Waals surface area contributed by atoms with Crippen LogP contribution in [-0.4, -0.2) is 14.9 Å². The van der Waals surface area contributed by atoms with E-state index in [1.807, 2.05) is 18.5 Å². The summed E-state index contributed by atoms with van der Waals surface area (Å²) >= 11 is 0. The average Bonchev–Trinajstić information content (AvgIpc) is 2.74. The van der Waals surface area contributed by atoms with E-state index in [-0.39, 0.29) is 0 Å². The highest BCUT2D eigenvalue weighted by Gasteiger charge is 2.15. The Bertz CT molecular complexity index is 428. The molecule has 0 bridgehead atoms. The lowest BCUT2D eigenvalue weighted by Crippen LogP contribution is -1.98. The van der Waals surface area contributed by atoms with Gasteiger partial charge in [-0.25, -0.2) is 0 Å². The minimum Gasteiger partial charge on any atom is -0.355 e. The molecule has 0 saturated heterocycles. The fraction of sp³-hybridized carbons (Fsp3) is 0.400. The normalized spacial score (nSPS) is 10.8. The lowest BCUT2D eigenvalue weighted by molar-refractivity contribution is 0.430. The zero-order valence-corrected chi connectivity index (χ0v) is 8.53. The Hall–Kier alpha value is -1.58. The van der Waals surface area contributed by atoms with E-state index in [2.05, 4.69) is 23.4 Å². The molecule has 4 nitrogen and oxygen atoms in total. The molecule has 0 aliphatic heterocycles. The van der Waals surface area contributed by atoms with E-state index >= 15 is 0 Å². The molecule has 0 unspecified atom stereocenters. The summed E-state index contributed by atoms with van der Waals surface area (Å²) in [6.07, 6.45) is 2.66. The maximum Gasteiger partial charge on any atom is 0.171 e. The maximum absolute atomic E-state index is 5.08. The summed E-state index contributed by atoms with van der Waals surface area (Å²) < 4.78 is 7.03. The Morgan fingerprint density at radius 2 is 2.29 bits per heavy atom. The number of rotatable bonds is 2. The molecule has 2 heterocycles. The molecule has 2 aromatic rings. The van der Waals surface area contributed by atoms with Crippen molar-refractivity contribution in [3.05, 3.63) is 23.7 Å². The van der Waals surface area contributed by atoms with Gasteiger partial charge in [0.25, 0.3) is 0 Å². The largest absolute Gasteiger partial charge is 0.355 e. The second-order valence-electron chi connectivity index (χ2n) is 3.18. The fourth-order valence-electron chi connectivity index (χ4n) is 1.67. The van der Waals surface area contributed by atoms with Crippen molar-refractivity contribution in [3.63, 3.8) is 0 Å². The minimum atomic E-state index is 0.736. The SMILES string of the molecule is CCn1nc(C)c(-c2c[c]no2)c1C. The second kappa shape index (κ2) is 3.29. The lowest BCUT2D eigenvalue weighted by atomic mass is 10.1. The quantitative estimate of drug-likeness (QED) is 0.727. The standard InChI is InChI=1S/C10H12N3O/c1-4-13-8(3)10(7(2)12-13)9-5-6-11-14-9/h5H,4H2,1-3H3. The minimum absolute atomic E-state index is 0.736. The molecule has 0 amide bonds. The Morgan fingerprint density at radius 3 is 2.79 bits per heavy atom. The first-order valence-corrected chi connectivity index (χ1v) is 4.61. The molecule has 0 N–H and O–H groups in total. The lowest BCUT2D eigenvalue weighted by Gasteiger charge is -1.98. The first-order valence-electron chi connectivity index (χ1n) is 4.61. The summed E-state index contributed by atoms with van der Waals surface area (Å²) in [5.41, 5.74) is 3.10. The van der Waals surface area contributed by atoms with Crippen molar-refractivity contribution in [3.8, 4) is 11.3 Å². The van der Waals surface area contributed by atoms with Gasteiger partial charge in [0.05, 0.1) is 11.3 Å². The van der Waals surface area contributed by atoms with E-state index in [1.54, 1.807) is 6.07 Å². The molecule has 14 heavy (non-hydrogen) atoms. The zero-order chi connectivity index (χ0) is 10.1. The predicted molar refractivity (Wildman–Crippen MR) is 51.7 cm³/mol. The van der Waals surface area contributed by atoms with Crippen molar-refractivity contribution in [2.75, 3.05) is 0 Å². The summed E-state index contributed by atoms with van der Waals surface area (Å²) in [6.45, 7) is 6.93. The van der Waals surface area contributed by atoms with Crippen LogP contribution < -0.4 is 0 Å². The molecule has 0 aliphatic rings. The van der Waals surface area contributed by atoms with Crippen molar-refractivity contribution < 1.29 is 4.52 Å². The molecule has 0 aliphatic carbocycles. The van der Waals surface area contributed by atoms with Crippen LogP contribution in [0, 0.1) is 20.0 Å². The summed E-state index contributed by atoms with van der Waals surface area (Å²) in [5, 5.41) is 7.98. The molecule has 4 heteroatoms. The van der Waals surface area contributed by atoms with E-state index in [9.17, 15) is 0 Å². The van der Waals surface area contributed by atoms with E-state index in [0.717, 1.165) is 29.3 Å². The van der Waals surface area contributed by atoms with Gasteiger partial charge in [-0.3, -0.25) is 4.68 Å². The second-order valence-corrected chi connectivity index (χ2v) is 3.18. The monoisotopic (exact) mass is 190 g/mol. The number of hydrogen-bond donors (Lipinski definition) is 0. The summed E-state index contributed by atoms with van der Waals surface area (Å²) in [5.74, 6) is 0.736. The number of nitrogens with zero attached hydrogens (tertiary/aromatic N) is 3. The summed E-state index contributed by atoms with van der Waals surface area (Å²) in [4.78, 5) is 0. The Balaban J connectivity index is 2.58. The van der Waals surface area contributed by atoms with Gasteiger partial charge in [-0.05, 0) is 20.8 Å². The third-order valence-corrected chi connectivity index (χ3v) is 2.32. The third kappa shape index (κ3) is 1.23. The molecular formula is C10H12N3O. The Morgan fingerprint density at radius 1 is 1.50 bits per heavy atom. The predicted octanol–water partition coefficient (Wildman–Crippen LogP) is 1.98. The van der Waals surface area contributed by atoms with Crippen LogP contribution in [-0.2, 0) is 6.54 Å². The van der Waals surface area contributed by atoms with Gasteiger partial charge in [0.15, 0.2) is 5.76 Å². The number of aryl methyl sites for hydroxylation is 2. The van der Waals surface area contributed by atoms with Crippen LogP contribution >= 0.6 is 0 Å². The van der Waals surface area contributed by atoms with Crippen molar-refractivity contribution in [1.82, 2.24) is 14.9 Å². The van der Waals surface area contributed by atoms with Gasteiger partial charge < -0.3 is 4.52 Å². The number of aromatic nitrogens is 3. The molecule has 0 saturated carbocycles. The van der Waals surface area contributed by atoms with Gasteiger partial charge in [-0.2, -0.15) is 5.10 Å². The third-order valence-electron chi connectivity index (χ3n) is 2.32. The molecule has 73 valence electrons. The highest BCUT2D eigenvalue weighted by molar-refractivity contribution is 5.62. The van der Waals surface area contributed by atoms with Gasteiger partial charge in [0.2, 0.25) is 0 Å². The van der Waals surface area contributed by atoms with Crippen LogP contribution in [0.1, 0.15) is 18.3 Å². The maximum atomic E-state index is 5.08. The molecule has 2 rings (SSSR count). The molecular weight excluding hydrogens is 178 g/mol. The van der Waals surface area contributed by atoms with Crippen LogP contribution in [0.15, 0.2) is 10.6 Å². The molecule has 2 aromatic heterocycles. The molecule has 0 spiro atoms. The van der Waals surface area contributed by atoms with Crippen molar-refractivity contribution in [2.45, 2.75) is 27.3 Å². The first kappa shape index (κ1) is 8.99. The average molecular weight is 190 g/mol. The Labute approximate surface area is 82.5 Å². The summed E-state index contributed by atoms with van der Waals surface area (Å²) in [7, 11) is 0. The van der Waals surface area contributed by atoms with Gasteiger partial charge >= 0.3 is 0 Å². The van der Waals surface area contributed by atoms with Gasteiger partial charge in [-0.15, -0.1) is 0 Å². The topological polar surface area (TPSA) is 43.9 Å². The highest BCUT2D eigenvalue weighted by Crippen LogP contribution is 2.25. The van der Waals surface area contributed by atoms with Gasteiger partial charge in [0.1, 0.15) is 6.20 Å². The van der Waals surface area contributed by atoms with Crippen LogP contribution in [0.2, 0.25) is 0 Å². The fourth-order valence-corrected chi connectivity index (χ4v) is 1.67. The van der Waals surface area contributed by atoms with Crippen LogP contribution in [0.4, 0.5) is 0 Å². The van der Waals surface area contributed by atoms with Gasteiger partial charge in [-0.1, -0.05) is 5.16 Å². The van der Waals surface area contributed by atoms with E-state index in [1.165, 1.54) is 0 Å². The van der Waals surface area contributed by atoms with Gasteiger partial charge in [0, 0.05) is 18.3 Å². The molecule has 0 atom stereocenters. The zero-order valence-electron chi connectivity index (χ0n) is 8.53. The van der Waals surface area contributed by atoms with E-state index < -0.39 is 0 Å². The smallest absolute Gasteiger partial charge is 0.171 e. The van der Waals surface area contributed by atoms with Crippen LogP contribution in [0.5, 0.6) is 0 Å². The van der Waals surface area contributed by atoms with Crippen LogP contribution in [0.3, 0.4) is 0 Å². The molecule has 0 fully saturated rings. The van der Waals surface area contributed by atoms with Crippen LogP contribution in [0.25, 0.3) is 11.3 Å². The molecule has 1 radical (unpaired) electrons.